The SMILES string of the molecule is CC(C)CC(CC(N)=O)C(N)=O. The van der Waals surface area contributed by atoms with Crippen molar-refractivity contribution in [2.45, 2.75) is 26.7 Å². The smallest absolute Gasteiger partial charge is 0.221 e. The molecule has 0 saturated carbocycles. The fourth-order valence-corrected chi connectivity index (χ4v) is 1.11. The van der Waals surface area contributed by atoms with Gasteiger partial charge in [-0.2, -0.15) is 0 Å². The summed E-state index contributed by atoms with van der Waals surface area (Å²) in [6.07, 6.45) is 0.686. The highest BCUT2D eigenvalue weighted by molar-refractivity contribution is 5.83. The maximum absolute atomic E-state index is 10.8. The molecule has 0 radical (unpaired) electrons. The number of rotatable bonds is 5. The van der Waals surface area contributed by atoms with Crippen LogP contribution in [0, 0.1) is 11.8 Å². The Kier molecular flexibility index (Phi) is 4.33. The molecular weight excluding hydrogens is 156 g/mol. The van der Waals surface area contributed by atoms with Crippen LogP contribution < -0.4 is 11.5 Å². The Morgan fingerprint density at radius 1 is 1.25 bits per heavy atom. The van der Waals surface area contributed by atoms with Gasteiger partial charge in [-0.1, -0.05) is 13.8 Å². The number of primary amides is 2. The second-order valence-corrected chi connectivity index (χ2v) is 3.40. The van der Waals surface area contributed by atoms with Gasteiger partial charge >= 0.3 is 0 Å². The van der Waals surface area contributed by atoms with E-state index < -0.39 is 17.7 Å². The average molecular weight is 172 g/mol. The maximum atomic E-state index is 10.8. The Morgan fingerprint density at radius 2 is 1.75 bits per heavy atom. The van der Waals surface area contributed by atoms with E-state index >= 15 is 0 Å². The van der Waals surface area contributed by atoms with E-state index in [1.54, 1.807) is 0 Å². The summed E-state index contributed by atoms with van der Waals surface area (Å²) in [4.78, 5) is 21.3. The van der Waals surface area contributed by atoms with E-state index in [2.05, 4.69) is 0 Å². The lowest BCUT2D eigenvalue weighted by atomic mass is 9.93. The van der Waals surface area contributed by atoms with Crippen molar-refractivity contribution in [3.63, 3.8) is 0 Å². The topological polar surface area (TPSA) is 86.2 Å². The highest BCUT2D eigenvalue weighted by atomic mass is 16.2. The molecule has 4 nitrogen and oxygen atoms in total. The van der Waals surface area contributed by atoms with Gasteiger partial charge in [-0.25, -0.2) is 0 Å². The van der Waals surface area contributed by atoms with Crippen LogP contribution in [0.5, 0.6) is 0 Å². The molecule has 12 heavy (non-hydrogen) atoms. The zero-order chi connectivity index (χ0) is 9.72. The minimum atomic E-state index is -0.473. The number of carbonyl (C=O) groups is 2. The molecule has 2 amide bonds. The molecule has 4 N–H and O–H groups in total. The predicted octanol–water partition coefficient (Wildman–Crippen LogP) is 0.00940. The Hall–Kier alpha value is -1.06. The van der Waals surface area contributed by atoms with Crippen molar-refractivity contribution in [1.82, 2.24) is 0 Å². The zero-order valence-electron chi connectivity index (χ0n) is 7.54. The minimum absolute atomic E-state index is 0.0630. The van der Waals surface area contributed by atoms with E-state index in [4.69, 9.17) is 11.5 Å². The fraction of sp³-hybridized carbons (Fsp3) is 0.750. The van der Waals surface area contributed by atoms with Gasteiger partial charge in [0, 0.05) is 12.3 Å². The number of hydrogen-bond donors (Lipinski definition) is 2. The minimum Gasteiger partial charge on any atom is -0.370 e. The van der Waals surface area contributed by atoms with E-state index in [1.807, 2.05) is 13.8 Å². The van der Waals surface area contributed by atoms with Gasteiger partial charge in [-0.15, -0.1) is 0 Å². The van der Waals surface area contributed by atoms with Crippen molar-refractivity contribution >= 4 is 11.8 Å². The second kappa shape index (κ2) is 4.74. The number of amides is 2. The van der Waals surface area contributed by atoms with E-state index in [-0.39, 0.29) is 6.42 Å². The van der Waals surface area contributed by atoms with Crippen LogP contribution in [-0.4, -0.2) is 11.8 Å². The van der Waals surface area contributed by atoms with E-state index in [9.17, 15) is 9.59 Å². The molecule has 0 heterocycles. The first-order valence-corrected chi connectivity index (χ1v) is 4.01. The van der Waals surface area contributed by atoms with Crippen LogP contribution in [0.2, 0.25) is 0 Å². The largest absolute Gasteiger partial charge is 0.370 e. The summed E-state index contributed by atoms with van der Waals surface area (Å²) in [5, 5.41) is 0. The van der Waals surface area contributed by atoms with Crippen molar-refractivity contribution < 1.29 is 9.59 Å². The average Bonchev–Trinajstić information content (AvgIpc) is 1.83. The maximum Gasteiger partial charge on any atom is 0.221 e. The van der Waals surface area contributed by atoms with Crippen molar-refractivity contribution in [2.24, 2.45) is 23.3 Å². The van der Waals surface area contributed by atoms with E-state index in [1.165, 1.54) is 0 Å². The molecule has 1 unspecified atom stereocenters. The highest BCUT2D eigenvalue weighted by Gasteiger charge is 2.18. The normalized spacial score (nSPS) is 12.9. The Morgan fingerprint density at radius 3 is 2.00 bits per heavy atom. The van der Waals surface area contributed by atoms with Gasteiger partial charge in [0.25, 0.3) is 0 Å². The summed E-state index contributed by atoms with van der Waals surface area (Å²) in [5.74, 6) is -0.966. The first kappa shape index (κ1) is 10.9. The van der Waals surface area contributed by atoms with Gasteiger partial charge in [-0.3, -0.25) is 9.59 Å². The molecule has 0 aliphatic heterocycles. The highest BCUT2D eigenvalue weighted by Crippen LogP contribution is 2.14. The Balaban J connectivity index is 4.04. The monoisotopic (exact) mass is 172 g/mol. The van der Waals surface area contributed by atoms with E-state index in [0.29, 0.717) is 12.3 Å². The van der Waals surface area contributed by atoms with Gasteiger partial charge in [-0.05, 0) is 12.3 Å². The first-order valence-electron chi connectivity index (χ1n) is 4.01. The lowest BCUT2D eigenvalue weighted by Crippen LogP contribution is -2.29. The first-order chi connectivity index (χ1) is 5.43. The summed E-state index contributed by atoms with van der Waals surface area (Å²) in [6, 6.07) is 0. The van der Waals surface area contributed by atoms with Crippen LogP contribution in [-0.2, 0) is 9.59 Å². The van der Waals surface area contributed by atoms with Crippen LogP contribution in [0.15, 0.2) is 0 Å². The third-order valence-corrected chi connectivity index (χ3v) is 1.61. The summed E-state index contributed by atoms with van der Waals surface area (Å²) in [5.41, 5.74) is 10.0. The lowest BCUT2D eigenvalue weighted by Gasteiger charge is -2.12. The van der Waals surface area contributed by atoms with Gasteiger partial charge in [0.1, 0.15) is 0 Å². The Labute approximate surface area is 72.3 Å². The summed E-state index contributed by atoms with van der Waals surface area (Å²) in [6.45, 7) is 3.94. The quantitative estimate of drug-likeness (QED) is 0.612. The van der Waals surface area contributed by atoms with Crippen molar-refractivity contribution in [3.8, 4) is 0 Å². The molecule has 0 saturated heterocycles. The van der Waals surface area contributed by atoms with Gasteiger partial charge in [0.15, 0.2) is 0 Å². The predicted molar refractivity (Wildman–Crippen MR) is 46.0 cm³/mol. The molecule has 70 valence electrons. The Bertz CT molecular complexity index is 178. The molecule has 1 atom stereocenters. The van der Waals surface area contributed by atoms with Gasteiger partial charge in [0.2, 0.25) is 11.8 Å². The van der Waals surface area contributed by atoms with Crippen LogP contribution >= 0.6 is 0 Å². The van der Waals surface area contributed by atoms with Crippen molar-refractivity contribution in [3.05, 3.63) is 0 Å². The van der Waals surface area contributed by atoms with Crippen LogP contribution in [0.4, 0.5) is 0 Å². The van der Waals surface area contributed by atoms with Crippen LogP contribution in [0.3, 0.4) is 0 Å². The molecule has 0 rings (SSSR count). The summed E-state index contributed by atoms with van der Waals surface area (Å²) < 4.78 is 0. The molecule has 0 bridgehead atoms. The molecule has 0 aliphatic carbocycles. The standard InChI is InChI=1S/C8H16N2O2/c1-5(2)3-6(8(10)12)4-7(9)11/h5-6H,3-4H2,1-2H3,(H2,9,11)(H2,10,12). The molecule has 4 heteroatoms. The van der Waals surface area contributed by atoms with Crippen molar-refractivity contribution in [2.75, 3.05) is 0 Å². The molecule has 0 spiro atoms. The third-order valence-electron chi connectivity index (χ3n) is 1.61. The fourth-order valence-electron chi connectivity index (χ4n) is 1.11. The number of carbonyl (C=O) groups excluding carboxylic acids is 2. The van der Waals surface area contributed by atoms with E-state index in [0.717, 1.165) is 0 Å². The summed E-state index contributed by atoms with van der Waals surface area (Å²) >= 11 is 0. The summed E-state index contributed by atoms with van der Waals surface area (Å²) in [7, 11) is 0. The van der Waals surface area contributed by atoms with Crippen LogP contribution in [0.25, 0.3) is 0 Å². The molecular formula is C8H16N2O2. The molecule has 0 aromatic rings. The second-order valence-electron chi connectivity index (χ2n) is 3.40. The molecule has 0 aromatic carbocycles. The van der Waals surface area contributed by atoms with Crippen LogP contribution in [0.1, 0.15) is 26.7 Å². The number of nitrogens with two attached hydrogens (primary N) is 2. The lowest BCUT2D eigenvalue weighted by molar-refractivity contribution is -0.127. The number of hydrogen-bond acceptors (Lipinski definition) is 2. The third kappa shape index (κ3) is 4.71. The van der Waals surface area contributed by atoms with Crippen molar-refractivity contribution in [1.29, 1.82) is 0 Å². The molecule has 0 fully saturated rings. The molecule has 0 aliphatic rings. The van der Waals surface area contributed by atoms with Gasteiger partial charge < -0.3 is 11.5 Å². The zero-order valence-corrected chi connectivity index (χ0v) is 7.54. The molecule has 0 aromatic heterocycles. The van der Waals surface area contributed by atoms with Gasteiger partial charge in [0.05, 0.1) is 0 Å².